The van der Waals surface area contributed by atoms with Gasteiger partial charge in [-0.2, -0.15) is 0 Å². The van der Waals surface area contributed by atoms with Crippen molar-refractivity contribution in [3.63, 3.8) is 0 Å². The summed E-state index contributed by atoms with van der Waals surface area (Å²) in [5.41, 5.74) is 0. The first kappa shape index (κ1) is 15.2. The topological polar surface area (TPSA) is 39.7 Å². The quantitative estimate of drug-likeness (QED) is 0.770. The van der Waals surface area contributed by atoms with E-state index in [1.54, 1.807) is 7.11 Å². The number of nitrogens with one attached hydrogen (secondary N) is 1. The van der Waals surface area contributed by atoms with E-state index in [-0.39, 0.29) is 12.2 Å². The molecule has 0 heterocycles. The van der Waals surface area contributed by atoms with Crippen LogP contribution < -0.4 is 5.32 Å². The maximum Gasteiger partial charge on any atom is 0.0990 e. The van der Waals surface area contributed by atoms with Crippen molar-refractivity contribution in [1.29, 1.82) is 0 Å². The summed E-state index contributed by atoms with van der Waals surface area (Å²) in [4.78, 5) is 0. The van der Waals surface area contributed by atoms with Crippen molar-refractivity contribution in [3.05, 3.63) is 0 Å². The van der Waals surface area contributed by atoms with Crippen molar-refractivity contribution < 1.29 is 14.2 Å². The molecule has 0 saturated heterocycles. The van der Waals surface area contributed by atoms with E-state index in [9.17, 15) is 0 Å². The average Bonchev–Trinajstić information content (AvgIpc) is 2.44. The van der Waals surface area contributed by atoms with Crippen LogP contribution >= 0.6 is 0 Å². The average molecular weight is 271 g/mol. The van der Waals surface area contributed by atoms with Crippen LogP contribution in [0.2, 0.25) is 0 Å². The van der Waals surface area contributed by atoms with Gasteiger partial charge < -0.3 is 19.5 Å². The van der Waals surface area contributed by atoms with Gasteiger partial charge in [-0.3, -0.25) is 0 Å². The van der Waals surface area contributed by atoms with Gasteiger partial charge in [-0.05, 0) is 45.6 Å². The molecule has 0 spiro atoms. The maximum atomic E-state index is 6.26. The zero-order chi connectivity index (χ0) is 13.7. The molecule has 2 saturated carbocycles. The molecule has 0 amide bonds. The highest BCUT2D eigenvalue weighted by molar-refractivity contribution is 4.97. The van der Waals surface area contributed by atoms with Crippen molar-refractivity contribution in [2.45, 2.75) is 76.4 Å². The van der Waals surface area contributed by atoms with Crippen LogP contribution in [0.3, 0.4) is 0 Å². The summed E-state index contributed by atoms with van der Waals surface area (Å²) in [5.74, 6) is 0. The highest BCUT2D eigenvalue weighted by Crippen LogP contribution is 2.32. The molecule has 0 aromatic carbocycles. The summed E-state index contributed by atoms with van der Waals surface area (Å²) in [6.07, 6.45) is 6.91. The summed E-state index contributed by atoms with van der Waals surface area (Å²) in [7, 11) is 1.81. The van der Waals surface area contributed by atoms with Crippen LogP contribution in [0.15, 0.2) is 0 Å². The van der Waals surface area contributed by atoms with Gasteiger partial charge in [0, 0.05) is 19.8 Å². The van der Waals surface area contributed by atoms with Gasteiger partial charge in [-0.25, -0.2) is 0 Å². The summed E-state index contributed by atoms with van der Waals surface area (Å²) < 4.78 is 17.6. The predicted molar refractivity (Wildman–Crippen MR) is 75.4 cm³/mol. The van der Waals surface area contributed by atoms with Gasteiger partial charge in [0.05, 0.1) is 24.4 Å². The van der Waals surface area contributed by atoms with Gasteiger partial charge >= 0.3 is 0 Å². The standard InChI is InChI=1S/C15H29NO3/c1-4-16-13-10-14(15(13)18-5-2)19-12-8-6-7-11(9-12)17-3/h11-16H,4-10H2,1-3H3. The van der Waals surface area contributed by atoms with Gasteiger partial charge in [-0.1, -0.05) is 6.92 Å². The monoisotopic (exact) mass is 271 g/mol. The molecule has 19 heavy (non-hydrogen) atoms. The number of hydrogen-bond donors (Lipinski definition) is 1. The molecule has 0 aromatic rings. The molecular weight excluding hydrogens is 242 g/mol. The number of methoxy groups -OCH3 is 1. The number of ether oxygens (including phenoxy) is 3. The van der Waals surface area contributed by atoms with E-state index in [1.165, 1.54) is 19.3 Å². The van der Waals surface area contributed by atoms with Crippen molar-refractivity contribution in [2.24, 2.45) is 0 Å². The first-order valence-electron chi connectivity index (χ1n) is 7.81. The molecule has 0 radical (unpaired) electrons. The Kier molecular flexibility index (Phi) is 6.07. The fourth-order valence-corrected chi connectivity index (χ4v) is 3.28. The van der Waals surface area contributed by atoms with Gasteiger partial charge in [0.15, 0.2) is 0 Å². The van der Waals surface area contributed by atoms with E-state index < -0.39 is 0 Å². The van der Waals surface area contributed by atoms with Crippen molar-refractivity contribution in [2.75, 3.05) is 20.3 Å². The van der Waals surface area contributed by atoms with Crippen LogP contribution in [0.5, 0.6) is 0 Å². The molecule has 2 rings (SSSR count). The summed E-state index contributed by atoms with van der Waals surface area (Å²) in [5, 5.41) is 3.47. The van der Waals surface area contributed by atoms with Crippen molar-refractivity contribution in [3.8, 4) is 0 Å². The van der Waals surface area contributed by atoms with E-state index in [1.807, 2.05) is 0 Å². The fraction of sp³-hybridized carbons (Fsp3) is 1.00. The number of rotatable bonds is 7. The molecule has 0 aliphatic heterocycles. The van der Waals surface area contributed by atoms with Crippen LogP contribution in [0.25, 0.3) is 0 Å². The molecule has 5 atom stereocenters. The van der Waals surface area contributed by atoms with E-state index in [0.29, 0.717) is 18.2 Å². The summed E-state index contributed by atoms with van der Waals surface area (Å²) >= 11 is 0. The van der Waals surface area contributed by atoms with E-state index in [2.05, 4.69) is 19.2 Å². The minimum Gasteiger partial charge on any atom is -0.381 e. The van der Waals surface area contributed by atoms with Crippen LogP contribution in [0, 0.1) is 0 Å². The first-order chi connectivity index (χ1) is 9.28. The molecule has 2 aliphatic rings. The zero-order valence-corrected chi connectivity index (χ0v) is 12.6. The van der Waals surface area contributed by atoms with Gasteiger partial charge in [-0.15, -0.1) is 0 Å². The summed E-state index contributed by atoms with van der Waals surface area (Å²) in [6, 6.07) is 0.469. The smallest absolute Gasteiger partial charge is 0.0990 e. The molecule has 5 unspecified atom stereocenters. The van der Waals surface area contributed by atoms with E-state index >= 15 is 0 Å². The highest BCUT2D eigenvalue weighted by Gasteiger charge is 2.43. The third-order valence-corrected chi connectivity index (χ3v) is 4.35. The Hall–Kier alpha value is -0.160. The third-order valence-electron chi connectivity index (χ3n) is 4.35. The minimum atomic E-state index is 0.230. The Morgan fingerprint density at radius 2 is 1.89 bits per heavy atom. The van der Waals surface area contributed by atoms with Crippen LogP contribution in [0.1, 0.15) is 46.0 Å². The summed E-state index contributed by atoms with van der Waals surface area (Å²) in [6.45, 7) is 5.95. The molecule has 2 aliphatic carbocycles. The molecule has 2 fully saturated rings. The largest absolute Gasteiger partial charge is 0.381 e. The molecule has 4 heteroatoms. The number of hydrogen-bond acceptors (Lipinski definition) is 4. The normalized spacial score (nSPS) is 39.0. The van der Waals surface area contributed by atoms with Crippen LogP contribution in [-0.4, -0.2) is 50.7 Å². The minimum absolute atomic E-state index is 0.230. The molecular formula is C15H29NO3. The predicted octanol–water partition coefficient (Wildman–Crippen LogP) is 2.12. The fourth-order valence-electron chi connectivity index (χ4n) is 3.28. The molecule has 0 aromatic heterocycles. The second-order valence-corrected chi connectivity index (χ2v) is 5.64. The van der Waals surface area contributed by atoms with Crippen molar-refractivity contribution >= 4 is 0 Å². The van der Waals surface area contributed by atoms with Gasteiger partial charge in [0.1, 0.15) is 0 Å². The Balaban J connectivity index is 1.78. The molecule has 0 bridgehead atoms. The SMILES string of the molecule is CCNC1CC(OC2CCCC(OC)C2)C1OCC. The Labute approximate surface area is 117 Å². The third kappa shape index (κ3) is 3.91. The molecule has 1 N–H and O–H groups in total. The van der Waals surface area contributed by atoms with E-state index in [4.69, 9.17) is 14.2 Å². The molecule has 4 nitrogen and oxygen atoms in total. The maximum absolute atomic E-state index is 6.26. The Morgan fingerprint density at radius 3 is 2.58 bits per heavy atom. The lowest BCUT2D eigenvalue weighted by Crippen LogP contribution is -2.61. The number of likely N-dealkylation sites (N-methyl/N-ethyl adjacent to an activating group) is 1. The van der Waals surface area contributed by atoms with Crippen LogP contribution in [-0.2, 0) is 14.2 Å². The zero-order valence-electron chi connectivity index (χ0n) is 12.6. The lowest BCUT2D eigenvalue weighted by Gasteiger charge is -2.46. The van der Waals surface area contributed by atoms with E-state index in [0.717, 1.165) is 26.0 Å². The first-order valence-corrected chi connectivity index (χ1v) is 7.81. The second-order valence-electron chi connectivity index (χ2n) is 5.64. The molecule has 112 valence electrons. The van der Waals surface area contributed by atoms with Gasteiger partial charge in [0.2, 0.25) is 0 Å². The lowest BCUT2D eigenvalue weighted by molar-refractivity contribution is -0.177. The highest BCUT2D eigenvalue weighted by atomic mass is 16.6. The Bertz CT molecular complexity index is 262. The lowest BCUT2D eigenvalue weighted by atomic mass is 9.84. The van der Waals surface area contributed by atoms with Crippen molar-refractivity contribution in [1.82, 2.24) is 5.32 Å². The second kappa shape index (κ2) is 7.58. The van der Waals surface area contributed by atoms with Gasteiger partial charge in [0.25, 0.3) is 0 Å². The Morgan fingerprint density at radius 1 is 1.11 bits per heavy atom. The van der Waals surface area contributed by atoms with Crippen LogP contribution in [0.4, 0.5) is 0 Å².